The fraction of sp³-hybridized carbons (Fsp3) is 0.250. The van der Waals surface area contributed by atoms with Gasteiger partial charge in [0.05, 0.1) is 5.56 Å². The van der Waals surface area contributed by atoms with Gasteiger partial charge in [0.2, 0.25) is 5.91 Å². The molecule has 1 aromatic carbocycles. The third-order valence-corrected chi connectivity index (χ3v) is 3.54. The highest BCUT2D eigenvalue weighted by Crippen LogP contribution is 2.13. The molecule has 1 atom stereocenters. The van der Waals surface area contributed by atoms with Gasteiger partial charge in [0.15, 0.2) is 0 Å². The van der Waals surface area contributed by atoms with Crippen molar-refractivity contribution >= 4 is 28.9 Å². The minimum Gasteiger partial charge on any atom is -0.478 e. The van der Waals surface area contributed by atoms with Crippen LogP contribution in [0, 0.1) is 0 Å². The average molecular weight is 280 g/mol. The van der Waals surface area contributed by atoms with E-state index in [2.05, 4.69) is 10.6 Å². The lowest BCUT2D eigenvalue weighted by Crippen LogP contribution is -2.42. The molecule has 1 aromatic rings. The number of aromatic carboxylic acids is 1. The van der Waals surface area contributed by atoms with Crippen LogP contribution in [0.1, 0.15) is 15.9 Å². The first-order chi connectivity index (χ1) is 9.06. The van der Waals surface area contributed by atoms with E-state index in [9.17, 15) is 14.4 Å². The number of benzene rings is 1. The zero-order valence-electron chi connectivity index (χ0n) is 9.88. The number of carboxylic acid groups (broad SMARTS) is 1. The zero-order valence-corrected chi connectivity index (χ0v) is 10.7. The predicted molar refractivity (Wildman–Crippen MR) is 70.0 cm³/mol. The van der Waals surface area contributed by atoms with Crippen molar-refractivity contribution in [2.45, 2.75) is 12.6 Å². The van der Waals surface area contributed by atoms with Crippen molar-refractivity contribution in [3.05, 3.63) is 35.4 Å². The lowest BCUT2D eigenvalue weighted by atomic mass is 10.1. The SMILES string of the molecule is O=C1NC(C(=O)NCc2ccc(C(=O)O)cc2)CS1. The van der Waals surface area contributed by atoms with Crippen LogP contribution in [0.4, 0.5) is 4.79 Å². The number of amides is 2. The molecule has 0 spiro atoms. The molecule has 3 N–H and O–H groups in total. The Bertz CT molecular complexity index is 515. The molecule has 19 heavy (non-hydrogen) atoms. The van der Waals surface area contributed by atoms with Gasteiger partial charge in [-0.25, -0.2) is 4.79 Å². The fourth-order valence-corrected chi connectivity index (χ4v) is 2.38. The Kier molecular flexibility index (Phi) is 4.06. The summed E-state index contributed by atoms with van der Waals surface area (Å²) in [7, 11) is 0. The third-order valence-electron chi connectivity index (χ3n) is 2.66. The molecule has 1 aliphatic rings. The monoisotopic (exact) mass is 280 g/mol. The van der Waals surface area contributed by atoms with Crippen molar-refractivity contribution in [2.75, 3.05) is 5.75 Å². The minimum absolute atomic E-state index is 0.189. The molecule has 100 valence electrons. The van der Waals surface area contributed by atoms with E-state index < -0.39 is 12.0 Å². The second-order valence-electron chi connectivity index (χ2n) is 4.02. The number of carboxylic acids is 1. The van der Waals surface area contributed by atoms with Gasteiger partial charge >= 0.3 is 5.97 Å². The third kappa shape index (κ3) is 3.47. The normalized spacial score (nSPS) is 17.9. The molecule has 1 heterocycles. The van der Waals surface area contributed by atoms with Gasteiger partial charge in [0.25, 0.3) is 5.24 Å². The van der Waals surface area contributed by atoms with Crippen LogP contribution in [0.2, 0.25) is 0 Å². The second-order valence-corrected chi connectivity index (χ2v) is 5.01. The van der Waals surface area contributed by atoms with Crippen LogP contribution >= 0.6 is 11.8 Å². The van der Waals surface area contributed by atoms with Gasteiger partial charge in [0, 0.05) is 12.3 Å². The van der Waals surface area contributed by atoms with Crippen molar-refractivity contribution in [3.8, 4) is 0 Å². The number of rotatable bonds is 4. The fourth-order valence-electron chi connectivity index (χ4n) is 1.60. The highest BCUT2D eigenvalue weighted by Gasteiger charge is 2.27. The highest BCUT2D eigenvalue weighted by atomic mass is 32.2. The molecular formula is C12H12N2O4S. The maximum atomic E-state index is 11.7. The Hall–Kier alpha value is -2.02. The van der Waals surface area contributed by atoms with E-state index in [0.29, 0.717) is 12.3 Å². The largest absolute Gasteiger partial charge is 0.478 e. The van der Waals surface area contributed by atoms with Gasteiger partial charge in [-0.2, -0.15) is 0 Å². The standard InChI is InChI=1S/C12H12N2O4S/c15-10(9-6-19-12(18)14-9)13-5-7-1-3-8(4-2-7)11(16)17/h1-4,9H,5-6H2,(H,13,15)(H,14,18)(H,16,17). The number of carbonyl (C=O) groups excluding carboxylic acids is 2. The molecule has 0 aliphatic carbocycles. The predicted octanol–water partition coefficient (Wildman–Crippen LogP) is 0.826. The minimum atomic E-state index is -0.985. The van der Waals surface area contributed by atoms with E-state index >= 15 is 0 Å². The first-order valence-electron chi connectivity index (χ1n) is 5.59. The van der Waals surface area contributed by atoms with Crippen LogP contribution in [0.5, 0.6) is 0 Å². The summed E-state index contributed by atoms with van der Waals surface area (Å²) in [5.41, 5.74) is 1.00. The van der Waals surface area contributed by atoms with Gasteiger partial charge in [-0.1, -0.05) is 23.9 Å². The van der Waals surface area contributed by atoms with Crippen LogP contribution in [0.25, 0.3) is 0 Å². The molecule has 2 amide bonds. The Morgan fingerprint density at radius 2 is 2.05 bits per heavy atom. The number of hydrogen-bond acceptors (Lipinski definition) is 4. The molecule has 1 aliphatic heterocycles. The molecule has 1 unspecified atom stereocenters. The van der Waals surface area contributed by atoms with Gasteiger partial charge < -0.3 is 15.7 Å². The van der Waals surface area contributed by atoms with Crippen LogP contribution in [-0.2, 0) is 11.3 Å². The molecule has 6 nitrogen and oxygen atoms in total. The zero-order chi connectivity index (χ0) is 13.8. The molecular weight excluding hydrogens is 268 g/mol. The topological polar surface area (TPSA) is 95.5 Å². The summed E-state index contributed by atoms with van der Waals surface area (Å²) in [4.78, 5) is 33.3. The number of nitrogens with one attached hydrogen (secondary N) is 2. The average Bonchev–Trinajstić information content (AvgIpc) is 2.83. The summed E-state index contributed by atoms with van der Waals surface area (Å²) >= 11 is 1.08. The molecule has 7 heteroatoms. The van der Waals surface area contributed by atoms with Crippen molar-refractivity contribution in [3.63, 3.8) is 0 Å². The second kappa shape index (κ2) is 5.75. The summed E-state index contributed by atoms with van der Waals surface area (Å²) in [5, 5.41) is 13.8. The lowest BCUT2D eigenvalue weighted by molar-refractivity contribution is -0.122. The Morgan fingerprint density at radius 1 is 1.37 bits per heavy atom. The number of hydrogen-bond donors (Lipinski definition) is 3. The first-order valence-corrected chi connectivity index (χ1v) is 6.58. The van der Waals surface area contributed by atoms with E-state index in [1.54, 1.807) is 12.1 Å². The Balaban J connectivity index is 1.86. The number of carbonyl (C=O) groups is 3. The van der Waals surface area contributed by atoms with Crippen molar-refractivity contribution in [1.29, 1.82) is 0 Å². The first kappa shape index (κ1) is 13.4. The van der Waals surface area contributed by atoms with Crippen molar-refractivity contribution in [1.82, 2.24) is 10.6 Å². The van der Waals surface area contributed by atoms with Crippen LogP contribution < -0.4 is 10.6 Å². The Labute approximate surface area is 113 Å². The van der Waals surface area contributed by atoms with Crippen LogP contribution in [0.3, 0.4) is 0 Å². The smallest absolute Gasteiger partial charge is 0.335 e. The van der Waals surface area contributed by atoms with Gasteiger partial charge in [-0.05, 0) is 17.7 Å². The highest BCUT2D eigenvalue weighted by molar-refractivity contribution is 8.14. The van der Waals surface area contributed by atoms with E-state index in [-0.39, 0.29) is 16.7 Å². The van der Waals surface area contributed by atoms with Gasteiger partial charge in [-0.15, -0.1) is 0 Å². The summed E-state index contributed by atoms with van der Waals surface area (Å²) in [5.74, 6) is -0.787. The molecule has 0 radical (unpaired) electrons. The van der Waals surface area contributed by atoms with Crippen molar-refractivity contribution in [2.24, 2.45) is 0 Å². The van der Waals surface area contributed by atoms with E-state index in [0.717, 1.165) is 17.3 Å². The summed E-state index contributed by atoms with van der Waals surface area (Å²) in [6.45, 7) is 0.301. The molecule has 1 saturated heterocycles. The van der Waals surface area contributed by atoms with Gasteiger partial charge in [-0.3, -0.25) is 9.59 Å². The summed E-state index contributed by atoms with van der Waals surface area (Å²) in [6.07, 6.45) is 0. The Morgan fingerprint density at radius 3 is 2.58 bits per heavy atom. The molecule has 1 fully saturated rings. The van der Waals surface area contributed by atoms with Crippen LogP contribution in [0.15, 0.2) is 24.3 Å². The quantitative estimate of drug-likeness (QED) is 0.759. The van der Waals surface area contributed by atoms with Crippen LogP contribution in [-0.4, -0.2) is 34.0 Å². The van der Waals surface area contributed by atoms with Gasteiger partial charge in [0.1, 0.15) is 6.04 Å². The van der Waals surface area contributed by atoms with E-state index in [1.165, 1.54) is 12.1 Å². The molecule has 2 rings (SSSR count). The molecule has 0 bridgehead atoms. The lowest BCUT2D eigenvalue weighted by Gasteiger charge is -2.10. The van der Waals surface area contributed by atoms with Crippen molar-refractivity contribution < 1.29 is 19.5 Å². The molecule has 0 saturated carbocycles. The van der Waals surface area contributed by atoms with E-state index in [1.807, 2.05) is 0 Å². The summed E-state index contributed by atoms with van der Waals surface area (Å²) in [6, 6.07) is 5.77. The maximum absolute atomic E-state index is 11.7. The summed E-state index contributed by atoms with van der Waals surface area (Å²) < 4.78 is 0. The number of thioether (sulfide) groups is 1. The van der Waals surface area contributed by atoms with E-state index in [4.69, 9.17) is 5.11 Å². The molecule has 0 aromatic heterocycles. The maximum Gasteiger partial charge on any atom is 0.335 e.